The molecule has 5 heteroatoms. The van der Waals surface area contributed by atoms with Crippen LogP contribution in [0, 0.1) is 20.8 Å². The van der Waals surface area contributed by atoms with Crippen LogP contribution >= 0.6 is 0 Å². The minimum Gasteiger partial charge on any atom is -0.496 e. The molecule has 5 nitrogen and oxygen atoms in total. The molecule has 0 N–H and O–H groups in total. The number of aromatic nitrogens is 1. The number of hydrogen-bond acceptors (Lipinski definition) is 4. The first-order chi connectivity index (χ1) is 14.4. The minimum absolute atomic E-state index is 0.155. The maximum Gasteiger partial charge on any atom is 0.219 e. The van der Waals surface area contributed by atoms with Gasteiger partial charge in [0.2, 0.25) is 5.91 Å². The molecule has 0 bridgehead atoms. The molecular formula is C25H29N3O2. The summed E-state index contributed by atoms with van der Waals surface area (Å²) in [6, 6.07) is 12.9. The van der Waals surface area contributed by atoms with Crippen LogP contribution in [0.3, 0.4) is 0 Å². The van der Waals surface area contributed by atoms with E-state index in [1.54, 1.807) is 14.0 Å². The number of carbonyl (C=O) groups is 1. The van der Waals surface area contributed by atoms with Crippen LogP contribution in [0.5, 0.6) is 5.75 Å². The number of carbonyl (C=O) groups excluding carboxylic acids is 1. The molecule has 156 valence electrons. The predicted molar refractivity (Wildman–Crippen MR) is 122 cm³/mol. The molecule has 0 radical (unpaired) electrons. The number of benzene rings is 2. The number of methoxy groups -OCH3 is 1. The lowest BCUT2D eigenvalue weighted by Gasteiger charge is -2.35. The van der Waals surface area contributed by atoms with Crippen LogP contribution in [-0.4, -0.2) is 49.1 Å². The Morgan fingerprint density at radius 1 is 0.967 bits per heavy atom. The Morgan fingerprint density at radius 3 is 2.37 bits per heavy atom. The normalized spacial score (nSPS) is 14.3. The number of ether oxygens (including phenoxy) is 1. The summed E-state index contributed by atoms with van der Waals surface area (Å²) in [5, 5.41) is 1.16. The summed E-state index contributed by atoms with van der Waals surface area (Å²) in [7, 11) is 1.72. The number of anilines is 1. The van der Waals surface area contributed by atoms with Crippen LogP contribution in [0.1, 0.15) is 23.6 Å². The average molecular weight is 404 g/mol. The van der Waals surface area contributed by atoms with Crippen LogP contribution in [-0.2, 0) is 4.79 Å². The molecular weight excluding hydrogens is 374 g/mol. The molecule has 0 spiro atoms. The van der Waals surface area contributed by atoms with Crippen LogP contribution < -0.4 is 9.64 Å². The van der Waals surface area contributed by atoms with Gasteiger partial charge >= 0.3 is 0 Å². The second-order valence-corrected chi connectivity index (χ2v) is 8.18. The van der Waals surface area contributed by atoms with Crippen molar-refractivity contribution in [1.29, 1.82) is 0 Å². The standard InChI is InChI=1S/C25H29N3O2/c1-16-12-18(3)25(30-5)22(13-16)24-14-17(2)21-15-20(6-7-23(21)26-24)28-10-8-27(9-11-28)19(4)29/h6-7,12-15H,8-11H2,1-5H3. The number of hydrogen-bond donors (Lipinski definition) is 0. The zero-order chi connectivity index (χ0) is 21.4. The van der Waals surface area contributed by atoms with Crippen LogP contribution in [0.2, 0.25) is 0 Å². The third kappa shape index (κ3) is 3.72. The summed E-state index contributed by atoms with van der Waals surface area (Å²) in [6.07, 6.45) is 0. The molecule has 0 unspecified atom stereocenters. The highest BCUT2D eigenvalue weighted by Gasteiger charge is 2.19. The summed E-state index contributed by atoms with van der Waals surface area (Å²) in [4.78, 5) is 20.8. The smallest absolute Gasteiger partial charge is 0.219 e. The topological polar surface area (TPSA) is 45.7 Å². The number of pyridine rings is 1. The van der Waals surface area contributed by atoms with Gasteiger partial charge in [-0.3, -0.25) is 4.79 Å². The van der Waals surface area contributed by atoms with Crippen LogP contribution in [0.4, 0.5) is 5.69 Å². The second kappa shape index (κ2) is 7.98. The molecule has 1 aliphatic rings. The molecule has 1 saturated heterocycles. The maximum atomic E-state index is 11.6. The number of piperazine rings is 1. The zero-order valence-corrected chi connectivity index (χ0v) is 18.5. The van der Waals surface area contributed by atoms with Crippen molar-refractivity contribution in [3.05, 3.63) is 53.1 Å². The molecule has 0 atom stereocenters. The second-order valence-electron chi connectivity index (χ2n) is 8.18. The Kier molecular flexibility index (Phi) is 5.37. The number of aryl methyl sites for hydroxylation is 3. The van der Waals surface area contributed by atoms with Crippen molar-refractivity contribution < 1.29 is 9.53 Å². The van der Waals surface area contributed by atoms with Crippen molar-refractivity contribution >= 4 is 22.5 Å². The number of nitrogens with zero attached hydrogens (tertiary/aromatic N) is 3. The van der Waals surface area contributed by atoms with Crippen LogP contribution in [0.15, 0.2) is 36.4 Å². The number of fused-ring (bicyclic) bond motifs is 1. The lowest BCUT2D eigenvalue weighted by atomic mass is 10.00. The summed E-state index contributed by atoms with van der Waals surface area (Å²) in [6.45, 7) is 11.2. The fourth-order valence-corrected chi connectivity index (χ4v) is 4.41. The largest absolute Gasteiger partial charge is 0.496 e. The Morgan fingerprint density at radius 2 is 1.70 bits per heavy atom. The first-order valence-corrected chi connectivity index (χ1v) is 10.4. The summed E-state index contributed by atoms with van der Waals surface area (Å²) < 4.78 is 5.69. The van der Waals surface area contributed by atoms with E-state index in [-0.39, 0.29) is 5.91 Å². The molecule has 1 aliphatic heterocycles. The van der Waals surface area contributed by atoms with Gasteiger partial charge in [-0.2, -0.15) is 0 Å². The fourth-order valence-electron chi connectivity index (χ4n) is 4.41. The Balaban J connectivity index is 1.70. The van der Waals surface area contributed by atoms with Crippen molar-refractivity contribution in [2.24, 2.45) is 0 Å². The fraction of sp³-hybridized carbons (Fsp3) is 0.360. The van der Waals surface area contributed by atoms with E-state index in [0.29, 0.717) is 0 Å². The Labute approximate surface area is 178 Å². The van der Waals surface area contributed by atoms with E-state index in [1.165, 1.54) is 16.8 Å². The van der Waals surface area contributed by atoms with Crippen molar-refractivity contribution in [3.8, 4) is 17.0 Å². The quantitative estimate of drug-likeness (QED) is 0.646. The van der Waals surface area contributed by atoms with Gasteiger partial charge in [0.05, 0.1) is 18.3 Å². The Hall–Kier alpha value is -3.08. The van der Waals surface area contributed by atoms with Gasteiger partial charge in [0, 0.05) is 49.7 Å². The van der Waals surface area contributed by atoms with Gasteiger partial charge in [-0.05, 0) is 67.8 Å². The van der Waals surface area contributed by atoms with Gasteiger partial charge in [0.1, 0.15) is 5.75 Å². The highest BCUT2D eigenvalue weighted by molar-refractivity contribution is 5.89. The van der Waals surface area contributed by atoms with Crippen LogP contribution in [0.25, 0.3) is 22.2 Å². The van der Waals surface area contributed by atoms with Gasteiger partial charge in [0.25, 0.3) is 0 Å². The third-order valence-electron chi connectivity index (χ3n) is 5.99. The Bertz CT molecular complexity index is 1120. The van der Waals surface area contributed by atoms with E-state index in [2.05, 4.69) is 62.1 Å². The molecule has 30 heavy (non-hydrogen) atoms. The summed E-state index contributed by atoms with van der Waals surface area (Å²) in [5.41, 5.74) is 7.65. The SMILES string of the molecule is COc1c(C)cc(C)cc1-c1cc(C)c2cc(N3CCN(C(C)=O)CC3)ccc2n1. The number of amides is 1. The van der Waals surface area contributed by atoms with Crippen molar-refractivity contribution in [1.82, 2.24) is 9.88 Å². The highest BCUT2D eigenvalue weighted by atomic mass is 16.5. The van der Waals surface area contributed by atoms with Gasteiger partial charge in [-0.15, -0.1) is 0 Å². The summed E-state index contributed by atoms with van der Waals surface area (Å²) >= 11 is 0. The first kappa shape index (κ1) is 20.2. The van der Waals surface area contributed by atoms with E-state index in [0.717, 1.165) is 59.7 Å². The number of rotatable bonds is 3. The summed E-state index contributed by atoms with van der Waals surface area (Å²) in [5.74, 6) is 1.04. The van der Waals surface area contributed by atoms with Gasteiger partial charge in [-0.1, -0.05) is 6.07 Å². The van der Waals surface area contributed by atoms with Crippen molar-refractivity contribution in [2.45, 2.75) is 27.7 Å². The van der Waals surface area contributed by atoms with E-state index in [4.69, 9.17) is 9.72 Å². The van der Waals surface area contributed by atoms with Gasteiger partial charge in [0.15, 0.2) is 0 Å². The average Bonchev–Trinajstić information content (AvgIpc) is 2.73. The lowest BCUT2D eigenvalue weighted by molar-refractivity contribution is -0.129. The zero-order valence-electron chi connectivity index (χ0n) is 18.5. The van der Waals surface area contributed by atoms with E-state index < -0.39 is 0 Å². The van der Waals surface area contributed by atoms with Crippen molar-refractivity contribution in [2.75, 3.05) is 38.2 Å². The van der Waals surface area contributed by atoms with Crippen molar-refractivity contribution in [3.63, 3.8) is 0 Å². The van der Waals surface area contributed by atoms with E-state index in [1.807, 2.05) is 4.90 Å². The molecule has 0 aliphatic carbocycles. The van der Waals surface area contributed by atoms with E-state index in [9.17, 15) is 4.79 Å². The predicted octanol–water partition coefficient (Wildman–Crippen LogP) is 4.50. The maximum absolute atomic E-state index is 11.6. The van der Waals surface area contributed by atoms with Gasteiger partial charge < -0.3 is 14.5 Å². The lowest BCUT2D eigenvalue weighted by Crippen LogP contribution is -2.48. The molecule has 2 aromatic carbocycles. The molecule has 0 saturated carbocycles. The first-order valence-electron chi connectivity index (χ1n) is 10.4. The molecule has 3 aromatic rings. The van der Waals surface area contributed by atoms with Gasteiger partial charge in [-0.25, -0.2) is 4.98 Å². The third-order valence-corrected chi connectivity index (χ3v) is 5.99. The monoisotopic (exact) mass is 403 g/mol. The molecule has 1 amide bonds. The molecule has 4 rings (SSSR count). The minimum atomic E-state index is 0.155. The molecule has 2 heterocycles. The highest BCUT2D eigenvalue weighted by Crippen LogP contribution is 2.35. The van der Waals surface area contributed by atoms with E-state index >= 15 is 0 Å². The molecule has 1 aromatic heterocycles. The molecule has 1 fully saturated rings.